The second-order valence-electron chi connectivity index (χ2n) is 2.67. The molecular formula is C10H12N2. The molecule has 12 heavy (non-hydrogen) atoms. The van der Waals surface area contributed by atoms with Gasteiger partial charge in [-0.25, -0.2) is 5.53 Å². The zero-order valence-corrected chi connectivity index (χ0v) is 7.33. The number of nitrogens with zero attached hydrogens (tertiary/aromatic N) is 1. The summed E-state index contributed by atoms with van der Waals surface area (Å²) in [5.74, 6) is 0. The third-order valence-electron chi connectivity index (χ3n) is 1.65. The minimum Gasteiger partial charge on any atom is -0.204 e. The van der Waals surface area contributed by atoms with Crippen molar-refractivity contribution in [2.75, 3.05) is 0 Å². The van der Waals surface area contributed by atoms with E-state index in [1.807, 2.05) is 44.2 Å². The minimum absolute atomic E-state index is 0.721. The van der Waals surface area contributed by atoms with Crippen molar-refractivity contribution in [3.63, 3.8) is 0 Å². The molecule has 1 aromatic rings. The lowest BCUT2D eigenvalue weighted by molar-refractivity contribution is 1.14. The van der Waals surface area contributed by atoms with Crippen LogP contribution in [0.2, 0.25) is 0 Å². The maximum absolute atomic E-state index is 6.92. The molecule has 0 unspecified atom stereocenters. The van der Waals surface area contributed by atoms with Gasteiger partial charge in [0.1, 0.15) is 0 Å². The second-order valence-corrected chi connectivity index (χ2v) is 2.67. The van der Waals surface area contributed by atoms with Gasteiger partial charge in [0.25, 0.3) is 0 Å². The fourth-order valence-electron chi connectivity index (χ4n) is 1.09. The maximum Gasteiger partial charge on any atom is 0.0922 e. The second kappa shape index (κ2) is 3.81. The highest BCUT2D eigenvalue weighted by Crippen LogP contribution is 2.21. The number of aryl methyl sites for hydroxylation is 1. The summed E-state index contributed by atoms with van der Waals surface area (Å²) in [5.41, 5.74) is 9.84. The van der Waals surface area contributed by atoms with Crippen LogP contribution in [0.4, 0.5) is 5.69 Å². The number of rotatable bonds is 2. The number of benzene rings is 1. The topological polar surface area (TPSA) is 36.2 Å². The standard InChI is InChI=1S/C10H12N2/c1-3-4-9-7-8(2)5-6-10(9)12-11/h3-7,11H,1-2H3/b4-3-,12-11?. The first-order valence-electron chi connectivity index (χ1n) is 3.88. The average molecular weight is 160 g/mol. The van der Waals surface area contributed by atoms with Crippen LogP contribution in [0.5, 0.6) is 0 Å². The first-order chi connectivity index (χ1) is 5.77. The van der Waals surface area contributed by atoms with Crippen molar-refractivity contribution in [3.05, 3.63) is 35.4 Å². The summed E-state index contributed by atoms with van der Waals surface area (Å²) in [7, 11) is 0. The predicted molar refractivity (Wildman–Crippen MR) is 50.7 cm³/mol. The van der Waals surface area contributed by atoms with E-state index < -0.39 is 0 Å². The van der Waals surface area contributed by atoms with E-state index in [2.05, 4.69) is 5.11 Å². The molecule has 0 aromatic heterocycles. The Morgan fingerprint density at radius 1 is 1.42 bits per heavy atom. The predicted octanol–water partition coefficient (Wildman–Crippen LogP) is 3.69. The van der Waals surface area contributed by atoms with Crippen LogP contribution in [-0.4, -0.2) is 0 Å². The van der Waals surface area contributed by atoms with Crippen molar-refractivity contribution in [2.24, 2.45) is 5.11 Å². The van der Waals surface area contributed by atoms with Crippen LogP contribution in [0.1, 0.15) is 18.1 Å². The summed E-state index contributed by atoms with van der Waals surface area (Å²) in [5, 5.41) is 3.43. The number of hydrogen-bond donors (Lipinski definition) is 1. The Kier molecular flexibility index (Phi) is 2.75. The van der Waals surface area contributed by atoms with Gasteiger partial charge in [0.2, 0.25) is 0 Å². The van der Waals surface area contributed by atoms with Crippen LogP contribution in [0.15, 0.2) is 29.4 Å². The molecule has 2 heteroatoms. The normalized spacial score (nSPS) is 10.5. The van der Waals surface area contributed by atoms with Crippen LogP contribution in [0, 0.1) is 12.5 Å². The largest absolute Gasteiger partial charge is 0.204 e. The lowest BCUT2D eigenvalue weighted by Crippen LogP contribution is -1.76. The van der Waals surface area contributed by atoms with Gasteiger partial charge in [0.05, 0.1) is 5.69 Å². The van der Waals surface area contributed by atoms with Gasteiger partial charge in [-0.15, -0.1) is 0 Å². The van der Waals surface area contributed by atoms with Crippen molar-refractivity contribution in [1.82, 2.24) is 0 Å². The Morgan fingerprint density at radius 2 is 2.17 bits per heavy atom. The van der Waals surface area contributed by atoms with Crippen LogP contribution in [0.25, 0.3) is 6.08 Å². The summed E-state index contributed by atoms with van der Waals surface area (Å²) in [6, 6.07) is 5.84. The molecule has 0 aliphatic rings. The number of allylic oxidation sites excluding steroid dienone is 1. The Hall–Kier alpha value is -1.44. The molecule has 0 heterocycles. The van der Waals surface area contributed by atoms with Crippen molar-refractivity contribution in [2.45, 2.75) is 13.8 Å². The molecule has 0 aliphatic carbocycles. The lowest BCUT2D eigenvalue weighted by Gasteiger charge is -1.99. The number of hydrogen-bond acceptors (Lipinski definition) is 2. The molecule has 0 aliphatic heterocycles. The fraction of sp³-hybridized carbons (Fsp3) is 0.200. The molecule has 2 nitrogen and oxygen atoms in total. The van der Waals surface area contributed by atoms with E-state index >= 15 is 0 Å². The Bertz CT molecular complexity index is 314. The third-order valence-corrected chi connectivity index (χ3v) is 1.65. The fourth-order valence-corrected chi connectivity index (χ4v) is 1.09. The first-order valence-corrected chi connectivity index (χ1v) is 3.88. The average Bonchev–Trinajstić information content (AvgIpc) is 2.05. The van der Waals surface area contributed by atoms with Crippen LogP contribution in [0.3, 0.4) is 0 Å². The van der Waals surface area contributed by atoms with Crippen molar-refractivity contribution in [1.29, 1.82) is 5.53 Å². The Morgan fingerprint density at radius 3 is 2.75 bits per heavy atom. The summed E-state index contributed by atoms with van der Waals surface area (Å²) >= 11 is 0. The third kappa shape index (κ3) is 1.78. The molecule has 1 aromatic carbocycles. The van der Waals surface area contributed by atoms with E-state index in [1.165, 1.54) is 5.56 Å². The molecule has 0 saturated heterocycles. The zero-order chi connectivity index (χ0) is 8.97. The van der Waals surface area contributed by atoms with E-state index in [0.717, 1.165) is 11.3 Å². The lowest BCUT2D eigenvalue weighted by atomic mass is 10.1. The Labute approximate surface area is 72.4 Å². The summed E-state index contributed by atoms with van der Waals surface area (Å²) in [4.78, 5) is 0. The molecular weight excluding hydrogens is 148 g/mol. The quantitative estimate of drug-likeness (QED) is 0.640. The molecule has 1 rings (SSSR count). The monoisotopic (exact) mass is 160 g/mol. The molecule has 62 valence electrons. The van der Waals surface area contributed by atoms with Gasteiger partial charge in [0.15, 0.2) is 0 Å². The molecule has 1 N–H and O–H groups in total. The molecule has 0 fully saturated rings. The molecule has 0 amide bonds. The van der Waals surface area contributed by atoms with Crippen molar-refractivity contribution >= 4 is 11.8 Å². The van der Waals surface area contributed by atoms with Gasteiger partial charge in [0, 0.05) is 5.56 Å². The highest BCUT2D eigenvalue weighted by molar-refractivity contribution is 5.64. The van der Waals surface area contributed by atoms with Gasteiger partial charge in [-0.2, -0.15) is 5.11 Å². The van der Waals surface area contributed by atoms with Gasteiger partial charge in [-0.1, -0.05) is 23.8 Å². The zero-order valence-electron chi connectivity index (χ0n) is 7.33. The van der Waals surface area contributed by atoms with Gasteiger partial charge in [-0.3, -0.25) is 0 Å². The molecule has 0 spiro atoms. The van der Waals surface area contributed by atoms with Gasteiger partial charge in [-0.05, 0) is 26.0 Å². The van der Waals surface area contributed by atoms with Crippen molar-refractivity contribution < 1.29 is 0 Å². The van der Waals surface area contributed by atoms with Crippen molar-refractivity contribution in [3.8, 4) is 0 Å². The van der Waals surface area contributed by atoms with Crippen LogP contribution in [-0.2, 0) is 0 Å². The van der Waals surface area contributed by atoms with Gasteiger partial charge < -0.3 is 0 Å². The van der Waals surface area contributed by atoms with Gasteiger partial charge >= 0.3 is 0 Å². The van der Waals surface area contributed by atoms with Crippen LogP contribution < -0.4 is 0 Å². The summed E-state index contributed by atoms with van der Waals surface area (Å²) < 4.78 is 0. The number of nitrogens with one attached hydrogen (secondary N) is 1. The first kappa shape index (κ1) is 8.65. The molecule has 0 saturated carbocycles. The summed E-state index contributed by atoms with van der Waals surface area (Å²) in [6.45, 7) is 3.98. The SMILES string of the molecule is C/C=C\c1cc(C)ccc1N=N. The Balaban J connectivity index is 3.20. The van der Waals surface area contributed by atoms with E-state index in [-0.39, 0.29) is 0 Å². The summed E-state index contributed by atoms with van der Waals surface area (Å²) in [6.07, 6.45) is 3.91. The van der Waals surface area contributed by atoms with E-state index in [0.29, 0.717) is 0 Å². The smallest absolute Gasteiger partial charge is 0.0922 e. The molecule has 0 bridgehead atoms. The highest BCUT2D eigenvalue weighted by Gasteiger charge is 1.96. The van der Waals surface area contributed by atoms with E-state index in [1.54, 1.807) is 0 Å². The maximum atomic E-state index is 6.92. The van der Waals surface area contributed by atoms with E-state index in [9.17, 15) is 0 Å². The molecule has 0 radical (unpaired) electrons. The van der Waals surface area contributed by atoms with Crippen LogP contribution >= 0.6 is 0 Å². The highest BCUT2D eigenvalue weighted by atomic mass is 15.0. The molecule has 0 atom stereocenters. The minimum atomic E-state index is 0.721. The van der Waals surface area contributed by atoms with E-state index in [4.69, 9.17) is 5.53 Å².